The van der Waals surface area contributed by atoms with E-state index in [1.807, 2.05) is 18.2 Å². The number of aliphatic hydroxyl groups is 1. The predicted octanol–water partition coefficient (Wildman–Crippen LogP) is 2.99. The number of nitrogens with zero attached hydrogens (tertiary/aromatic N) is 3. The minimum atomic E-state index is -0.548. The highest BCUT2D eigenvalue weighted by atomic mass is 32.1. The molecule has 0 radical (unpaired) electrons. The summed E-state index contributed by atoms with van der Waals surface area (Å²) in [5, 5.41) is 13.5. The third kappa shape index (κ3) is 3.03. The van der Waals surface area contributed by atoms with Gasteiger partial charge in [0.15, 0.2) is 5.65 Å². The van der Waals surface area contributed by atoms with Crippen LogP contribution in [0.2, 0.25) is 0 Å². The zero-order chi connectivity index (χ0) is 17.4. The number of β-amino-alcohol motifs (C(OH)–C–C–N with tert-alkyl or cyclic N) is 1. The van der Waals surface area contributed by atoms with Crippen LogP contribution < -0.4 is 0 Å². The first kappa shape index (κ1) is 16.2. The smallest absolute Gasteiger partial charge is 0.272 e. The monoisotopic (exact) mass is 353 g/mol. The van der Waals surface area contributed by atoms with Crippen molar-refractivity contribution < 1.29 is 9.90 Å². The van der Waals surface area contributed by atoms with E-state index in [1.165, 1.54) is 10.4 Å². The molecule has 0 saturated carbocycles. The minimum Gasteiger partial charge on any atom is -0.391 e. The van der Waals surface area contributed by atoms with Gasteiger partial charge >= 0.3 is 0 Å². The molecule has 5 nitrogen and oxygen atoms in total. The zero-order valence-electron chi connectivity index (χ0n) is 13.9. The Bertz CT molecular complexity index is 924. The van der Waals surface area contributed by atoms with E-state index in [0.717, 1.165) is 11.8 Å². The molecule has 0 aromatic carbocycles. The van der Waals surface area contributed by atoms with Gasteiger partial charge in [0.2, 0.25) is 0 Å². The Labute approximate surface area is 150 Å². The molecule has 128 valence electrons. The van der Waals surface area contributed by atoms with Crippen LogP contribution in [0, 0.1) is 6.92 Å². The molecule has 0 bridgehead atoms. The lowest BCUT2D eigenvalue weighted by Crippen LogP contribution is -2.45. The topological polar surface area (TPSA) is 66.3 Å². The summed E-state index contributed by atoms with van der Waals surface area (Å²) >= 11 is 1.68. The fourth-order valence-corrected chi connectivity index (χ4v) is 4.54. The first-order chi connectivity index (χ1) is 12.1. The van der Waals surface area contributed by atoms with Gasteiger partial charge in [-0.25, -0.2) is 9.97 Å². The minimum absolute atomic E-state index is 0.107. The Kier molecular flexibility index (Phi) is 4.23. The number of likely N-dealkylation sites (tertiary alicyclic amines) is 1. The first-order valence-electron chi connectivity index (χ1n) is 8.36. The van der Waals surface area contributed by atoms with Crippen LogP contribution in [0.1, 0.15) is 33.3 Å². The van der Waals surface area contributed by atoms with E-state index in [4.69, 9.17) is 0 Å². The number of pyridine rings is 2. The van der Waals surface area contributed by atoms with Gasteiger partial charge in [0.25, 0.3) is 5.91 Å². The molecule has 1 amide bonds. The van der Waals surface area contributed by atoms with Gasteiger partial charge in [-0.15, -0.1) is 11.3 Å². The van der Waals surface area contributed by atoms with Crippen LogP contribution >= 0.6 is 11.3 Å². The summed E-state index contributed by atoms with van der Waals surface area (Å²) in [5.41, 5.74) is 2.17. The first-order valence-corrected chi connectivity index (χ1v) is 9.24. The Hall–Kier alpha value is -2.31. The number of aromatic nitrogens is 2. The van der Waals surface area contributed by atoms with E-state index in [0.29, 0.717) is 24.4 Å². The van der Waals surface area contributed by atoms with Crippen LogP contribution in [0.25, 0.3) is 11.0 Å². The molecule has 1 saturated heterocycles. The number of aryl methyl sites for hydroxylation is 1. The van der Waals surface area contributed by atoms with Crippen molar-refractivity contribution in [2.75, 3.05) is 13.1 Å². The lowest BCUT2D eigenvalue weighted by Gasteiger charge is -2.35. The molecule has 4 rings (SSSR count). The highest BCUT2D eigenvalue weighted by Gasteiger charge is 2.33. The maximum Gasteiger partial charge on any atom is 0.272 e. The Morgan fingerprint density at radius 1 is 1.32 bits per heavy atom. The Balaban J connectivity index is 1.52. The van der Waals surface area contributed by atoms with E-state index < -0.39 is 6.10 Å². The van der Waals surface area contributed by atoms with Crippen molar-refractivity contribution in [2.45, 2.75) is 25.4 Å². The fraction of sp³-hybridized carbons (Fsp3) is 0.316. The van der Waals surface area contributed by atoms with Crippen LogP contribution in [0.5, 0.6) is 0 Å². The van der Waals surface area contributed by atoms with Crippen molar-refractivity contribution in [1.82, 2.24) is 14.9 Å². The molecule has 0 spiro atoms. The van der Waals surface area contributed by atoms with Gasteiger partial charge in [0.05, 0.1) is 6.10 Å². The standard InChI is InChI=1S/C19H19N3O2S/c1-12-7-10-25-17(12)14-6-9-22(11-16(14)23)19(24)15-5-4-13-3-2-8-20-18(13)21-15/h2-5,7-8,10,14,16,23H,6,9,11H2,1H3/t14-,16-/m1/s1. The van der Waals surface area contributed by atoms with Crippen molar-refractivity contribution >= 4 is 28.3 Å². The number of aliphatic hydroxyl groups excluding tert-OH is 1. The number of hydrogen-bond donors (Lipinski definition) is 1. The summed E-state index contributed by atoms with van der Waals surface area (Å²) < 4.78 is 0. The molecule has 3 aromatic heterocycles. The molecule has 1 fully saturated rings. The quantitative estimate of drug-likeness (QED) is 0.769. The molecule has 2 atom stereocenters. The van der Waals surface area contributed by atoms with Crippen molar-refractivity contribution in [3.05, 3.63) is 58.0 Å². The lowest BCUT2D eigenvalue weighted by atomic mass is 9.90. The third-order valence-corrected chi connectivity index (χ3v) is 5.94. The molecule has 4 heterocycles. The summed E-state index contributed by atoms with van der Waals surface area (Å²) in [4.78, 5) is 24.3. The number of fused-ring (bicyclic) bond motifs is 1. The largest absolute Gasteiger partial charge is 0.391 e. The van der Waals surface area contributed by atoms with Crippen molar-refractivity contribution in [1.29, 1.82) is 0 Å². The van der Waals surface area contributed by atoms with Gasteiger partial charge < -0.3 is 10.0 Å². The summed E-state index contributed by atoms with van der Waals surface area (Å²) in [7, 11) is 0. The molecule has 0 aliphatic carbocycles. The van der Waals surface area contributed by atoms with Gasteiger partial charge in [-0.2, -0.15) is 0 Å². The molecular weight excluding hydrogens is 334 g/mol. The van der Waals surface area contributed by atoms with Gasteiger partial charge in [-0.05, 0) is 54.6 Å². The summed E-state index contributed by atoms with van der Waals surface area (Å²) in [6.07, 6.45) is 1.89. The van der Waals surface area contributed by atoms with Gasteiger partial charge in [-0.1, -0.05) is 0 Å². The van der Waals surface area contributed by atoms with Crippen LogP contribution in [0.3, 0.4) is 0 Å². The highest BCUT2D eigenvalue weighted by Crippen LogP contribution is 2.34. The normalized spacial score (nSPS) is 20.8. The molecule has 0 unspecified atom stereocenters. The number of amides is 1. The fourth-order valence-electron chi connectivity index (χ4n) is 3.42. The number of carbonyl (C=O) groups is 1. The summed E-state index contributed by atoms with van der Waals surface area (Å²) in [5.74, 6) is -0.0387. The number of rotatable bonds is 2. The average Bonchev–Trinajstić information content (AvgIpc) is 3.06. The van der Waals surface area contributed by atoms with Gasteiger partial charge in [-0.3, -0.25) is 4.79 Å². The molecule has 6 heteroatoms. The molecule has 1 aliphatic rings. The number of thiophene rings is 1. The maximum atomic E-state index is 12.8. The second-order valence-electron chi connectivity index (χ2n) is 6.43. The maximum absolute atomic E-state index is 12.8. The summed E-state index contributed by atoms with van der Waals surface area (Å²) in [6, 6.07) is 9.44. The Morgan fingerprint density at radius 2 is 2.20 bits per heavy atom. The second-order valence-corrected chi connectivity index (χ2v) is 7.38. The molecule has 1 aliphatic heterocycles. The van der Waals surface area contributed by atoms with Crippen LogP contribution in [0.4, 0.5) is 0 Å². The Morgan fingerprint density at radius 3 is 2.96 bits per heavy atom. The van der Waals surface area contributed by atoms with Crippen LogP contribution in [-0.2, 0) is 0 Å². The molecule has 25 heavy (non-hydrogen) atoms. The van der Waals surface area contributed by atoms with Crippen molar-refractivity contribution in [2.24, 2.45) is 0 Å². The number of carbonyl (C=O) groups excluding carboxylic acids is 1. The predicted molar refractivity (Wildman–Crippen MR) is 97.9 cm³/mol. The molecule has 1 N–H and O–H groups in total. The summed E-state index contributed by atoms with van der Waals surface area (Å²) in [6.45, 7) is 3.03. The van der Waals surface area contributed by atoms with Crippen molar-refractivity contribution in [3.8, 4) is 0 Å². The van der Waals surface area contributed by atoms with Crippen molar-refractivity contribution in [3.63, 3.8) is 0 Å². The highest BCUT2D eigenvalue weighted by molar-refractivity contribution is 7.10. The van der Waals surface area contributed by atoms with E-state index in [2.05, 4.69) is 28.3 Å². The van der Waals surface area contributed by atoms with Crippen LogP contribution in [-0.4, -0.2) is 45.1 Å². The SMILES string of the molecule is Cc1ccsc1[C@@H]1CCN(C(=O)c2ccc3cccnc3n2)C[C@H]1O. The second kappa shape index (κ2) is 6.54. The van der Waals surface area contributed by atoms with Crippen LogP contribution in [0.15, 0.2) is 41.9 Å². The van der Waals surface area contributed by atoms with E-state index in [1.54, 1.807) is 28.5 Å². The molecular formula is C19H19N3O2S. The number of hydrogen-bond acceptors (Lipinski definition) is 5. The van der Waals surface area contributed by atoms with E-state index in [9.17, 15) is 9.90 Å². The van der Waals surface area contributed by atoms with Gasteiger partial charge in [0, 0.05) is 35.5 Å². The van der Waals surface area contributed by atoms with E-state index in [-0.39, 0.29) is 11.8 Å². The zero-order valence-corrected chi connectivity index (χ0v) is 14.7. The third-order valence-electron chi connectivity index (χ3n) is 4.79. The van der Waals surface area contributed by atoms with Gasteiger partial charge in [0.1, 0.15) is 5.69 Å². The number of piperidine rings is 1. The lowest BCUT2D eigenvalue weighted by molar-refractivity contribution is 0.0383. The molecule has 3 aromatic rings. The van der Waals surface area contributed by atoms with E-state index >= 15 is 0 Å². The average molecular weight is 353 g/mol.